The summed E-state index contributed by atoms with van der Waals surface area (Å²) in [4.78, 5) is 17.5. The molecule has 1 N–H and O–H groups in total. The van der Waals surface area contributed by atoms with E-state index >= 15 is 0 Å². The second-order valence-corrected chi connectivity index (χ2v) is 7.37. The molecule has 4 heteroatoms. The first-order valence-corrected chi connectivity index (χ1v) is 9.39. The van der Waals surface area contributed by atoms with Crippen molar-refractivity contribution in [3.63, 3.8) is 0 Å². The van der Waals surface area contributed by atoms with Gasteiger partial charge in [-0.1, -0.05) is 49.6 Å². The van der Waals surface area contributed by atoms with Gasteiger partial charge in [0, 0.05) is 17.2 Å². The first-order valence-electron chi connectivity index (χ1n) is 8.57. The van der Waals surface area contributed by atoms with Gasteiger partial charge in [0.2, 0.25) is 0 Å². The SMILES string of the molecule is O=C(NC1CCCCC1)c1ccccc1-c1nc2ccccc2s1. The van der Waals surface area contributed by atoms with Crippen molar-refractivity contribution in [1.29, 1.82) is 0 Å². The van der Waals surface area contributed by atoms with E-state index in [1.165, 1.54) is 19.3 Å². The van der Waals surface area contributed by atoms with Crippen LogP contribution in [-0.4, -0.2) is 16.9 Å². The molecule has 1 saturated carbocycles. The van der Waals surface area contributed by atoms with Crippen LogP contribution >= 0.6 is 11.3 Å². The molecule has 0 unspecified atom stereocenters. The molecular weight excluding hydrogens is 316 g/mol. The summed E-state index contributed by atoms with van der Waals surface area (Å²) in [5, 5.41) is 4.12. The zero-order valence-electron chi connectivity index (χ0n) is 13.5. The normalized spacial score (nSPS) is 15.5. The van der Waals surface area contributed by atoms with Gasteiger partial charge in [-0.15, -0.1) is 11.3 Å². The molecule has 24 heavy (non-hydrogen) atoms. The van der Waals surface area contributed by atoms with Crippen molar-refractivity contribution in [2.24, 2.45) is 0 Å². The molecule has 0 bridgehead atoms. The molecule has 1 heterocycles. The van der Waals surface area contributed by atoms with E-state index in [-0.39, 0.29) is 5.91 Å². The number of benzene rings is 2. The number of thiazole rings is 1. The quantitative estimate of drug-likeness (QED) is 0.729. The molecule has 4 rings (SSSR count). The Labute approximate surface area is 145 Å². The van der Waals surface area contributed by atoms with Gasteiger partial charge < -0.3 is 5.32 Å². The van der Waals surface area contributed by atoms with Gasteiger partial charge in [-0.25, -0.2) is 4.98 Å². The van der Waals surface area contributed by atoms with Gasteiger partial charge in [0.1, 0.15) is 5.01 Å². The Balaban J connectivity index is 1.65. The molecule has 0 radical (unpaired) electrons. The number of aromatic nitrogens is 1. The summed E-state index contributed by atoms with van der Waals surface area (Å²) in [7, 11) is 0. The summed E-state index contributed by atoms with van der Waals surface area (Å²) in [6.07, 6.45) is 5.90. The predicted octanol–water partition coefficient (Wildman–Crippen LogP) is 5.03. The minimum atomic E-state index is 0.0248. The van der Waals surface area contributed by atoms with Crippen molar-refractivity contribution in [2.75, 3.05) is 0 Å². The molecule has 1 amide bonds. The lowest BCUT2D eigenvalue weighted by molar-refractivity contribution is 0.0928. The zero-order valence-corrected chi connectivity index (χ0v) is 14.3. The number of carbonyl (C=O) groups excluding carboxylic acids is 1. The zero-order chi connectivity index (χ0) is 16.4. The Morgan fingerprint density at radius 2 is 1.75 bits per heavy atom. The summed E-state index contributed by atoms with van der Waals surface area (Å²) >= 11 is 1.64. The van der Waals surface area contributed by atoms with Crippen molar-refractivity contribution in [2.45, 2.75) is 38.1 Å². The molecule has 0 saturated heterocycles. The molecule has 0 spiro atoms. The summed E-state index contributed by atoms with van der Waals surface area (Å²) in [6, 6.07) is 16.2. The van der Waals surface area contributed by atoms with Crippen LogP contribution in [0.1, 0.15) is 42.5 Å². The smallest absolute Gasteiger partial charge is 0.252 e. The number of hydrogen-bond acceptors (Lipinski definition) is 3. The van der Waals surface area contributed by atoms with Crippen LogP contribution in [0, 0.1) is 0 Å². The number of nitrogens with zero attached hydrogens (tertiary/aromatic N) is 1. The first kappa shape index (κ1) is 15.3. The predicted molar refractivity (Wildman–Crippen MR) is 99.4 cm³/mol. The van der Waals surface area contributed by atoms with Crippen molar-refractivity contribution in [1.82, 2.24) is 10.3 Å². The number of para-hydroxylation sites is 1. The van der Waals surface area contributed by atoms with Crippen molar-refractivity contribution >= 4 is 27.5 Å². The van der Waals surface area contributed by atoms with Gasteiger partial charge in [-0.3, -0.25) is 4.79 Å². The van der Waals surface area contributed by atoms with Crippen LogP contribution in [0.4, 0.5) is 0 Å². The third-order valence-electron chi connectivity index (χ3n) is 4.64. The lowest BCUT2D eigenvalue weighted by Crippen LogP contribution is -2.36. The van der Waals surface area contributed by atoms with Gasteiger partial charge in [-0.05, 0) is 31.0 Å². The van der Waals surface area contributed by atoms with E-state index < -0.39 is 0 Å². The highest BCUT2D eigenvalue weighted by molar-refractivity contribution is 7.21. The van der Waals surface area contributed by atoms with Crippen molar-refractivity contribution in [3.05, 3.63) is 54.1 Å². The lowest BCUT2D eigenvalue weighted by atomic mass is 9.95. The molecule has 1 aliphatic carbocycles. The first-order chi connectivity index (χ1) is 11.8. The third kappa shape index (κ3) is 3.06. The topological polar surface area (TPSA) is 42.0 Å². The molecule has 122 valence electrons. The summed E-state index contributed by atoms with van der Waals surface area (Å²) < 4.78 is 1.15. The number of nitrogens with one attached hydrogen (secondary N) is 1. The Bertz CT molecular complexity index is 832. The van der Waals surface area contributed by atoms with E-state index in [1.54, 1.807) is 11.3 Å². The van der Waals surface area contributed by atoms with E-state index in [9.17, 15) is 4.79 Å². The molecule has 3 nitrogen and oxygen atoms in total. The fourth-order valence-corrected chi connectivity index (χ4v) is 4.37. The standard InChI is InChI=1S/C20H20N2OS/c23-19(21-14-8-2-1-3-9-14)15-10-4-5-11-16(15)20-22-17-12-6-7-13-18(17)24-20/h4-7,10-14H,1-3,8-9H2,(H,21,23). The molecule has 2 aromatic carbocycles. The van der Waals surface area contributed by atoms with E-state index in [4.69, 9.17) is 4.98 Å². The van der Waals surface area contributed by atoms with Crippen LogP contribution in [0.15, 0.2) is 48.5 Å². The van der Waals surface area contributed by atoms with Crippen LogP contribution in [0.2, 0.25) is 0 Å². The Kier molecular flexibility index (Phi) is 4.30. The van der Waals surface area contributed by atoms with Crippen LogP contribution in [0.3, 0.4) is 0 Å². The van der Waals surface area contributed by atoms with Crippen LogP contribution < -0.4 is 5.32 Å². The second-order valence-electron chi connectivity index (χ2n) is 6.34. The van der Waals surface area contributed by atoms with Gasteiger partial charge in [-0.2, -0.15) is 0 Å². The Morgan fingerprint density at radius 3 is 2.58 bits per heavy atom. The van der Waals surface area contributed by atoms with Gasteiger partial charge >= 0.3 is 0 Å². The molecule has 3 aromatic rings. The van der Waals surface area contributed by atoms with Crippen LogP contribution in [0.5, 0.6) is 0 Å². The summed E-state index contributed by atoms with van der Waals surface area (Å²) in [5.74, 6) is 0.0248. The third-order valence-corrected chi connectivity index (χ3v) is 5.71. The van der Waals surface area contributed by atoms with Crippen LogP contribution in [-0.2, 0) is 0 Å². The molecule has 1 fully saturated rings. The second kappa shape index (κ2) is 6.73. The molecule has 0 atom stereocenters. The average Bonchev–Trinajstić information content (AvgIpc) is 3.06. The van der Waals surface area contributed by atoms with Crippen LogP contribution in [0.25, 0.3) is 20.8 Å². The lowest BCUT2D eigenvalue weighted by Gasteiger charge is -2.23. The van der Waals surface area contributed by atoms with E-state index in [0.29, 0.717) is 6.04 Å². The fourth-order valence-electron chi connectivity index (χ4n) is 3.37. The number of hydrogen-bond donors (Lipinski definition) is 1. The maximum absolute atomic E-state index is 12.8. The number of rotatable bonds is 3. The summed E-state index contributed by atoms with van der Waals surface area (Å²) in [6.45, 7) is 0. The summed E-state index contributed by atoms with van der Waals surface area (Å²) in [5.41, 5.74) is 2.63. The molecule has 1 aliphatic rings. The van der Waals surface area contributed by atoms with E-state index in [0.717, 1.165) is 39.2 Å². The van der Waals surface area contributed by atoms with E-state index in [2.05, 4.69) is 11.4 Å². The van der Waals surface area contributed by atoms with Crippen molar-refractivity contribution < 1.29 is 4.79 Å². The number of amides is 1. The monoisotopic (exact) mass is 336 g/mol. The average molecular weight is 336 g/mol. The molecular formula is C20H20N2OS. The highest BCUT2D eigenvalue weighted by Crippen LogP contribution is 2.32. The maximum atomic E-state index is 12.8. The highest BCUT2D eigenvalue weighted by Gasteiger charge is 2.20. The van der Waals surface area contributed by atoms with Gasteiger partial charge in [0.05, 0.1) is 10.2 Å². The van der Waals surface area contributed by atoms with Gasteiger partial charge in [0.25, 0.3) is 5.91 Å². The van der Waals surface area contributed by atoms with Crippen molar-refractivity contribution in [3.8, 4) is 10.6 Å². The molecule has 1 aromatic heterocycles. The molecule has 0 aliphatic heterocycles. The van der Waals surface area contributed by atoms with Gasteiger partial charge in [0.15, 0.2) is 0 Å². The number of fused-ring (bicyclic) bond motifs is 1. The number of carbonyl (C=O) groups is 1. The largest absolute Gasteiger partial charge is 0.349 e. The Morgan fingerprint density at radius 1 is 1.00 bits per heavy atom. The fraction of sp³-hybridized carbons (Fsp3) is 0.300. The minimum absolute atomic E-state index is 0.0248. The van der Waals surface area contributed by atoms with E-state index in [1.807, 2.05) is 42.5 Å². The Hall–Kier alpha value is -2.20. The maximum Gasteiger partial charge on any atom is 0.252 e. The highest BCUT2D eigenvalue weighted by atomic mass is 32.1. The minimum Gasteiger partial charge on any atom is -0.349 e.